The Labute approximate surface area is 135 Å². The van der Waals surface area contributed by atoms with Crippen LogP contribution in [0.5, 0.6) is 0 Å². The lowest BCUT2D eigenvalue weighted by molar-refractivity contribution is 0.0922. The fraction of sp³-hybridized carbons (Fsp3) is 0.471. The number of fused-ring (bicyclic) bond motifs is 1. The molecule has 2 aromatic rings. The SMILES string of the molecule is O=C1C[C@@H](CN2CCN(c3ncccn3)CC2)Cc2occc21. The molecular formula is C17H20N4O2. The molecule has 0 spiro atoms. The summed E-state index contributed by atoms with van der Waals surface area (Å²) in [5.41, 5.74) is 0.785. The van der Waals surface area contributed by atoms with Crippen LogP contribution in [0, 0.1) is 5.92 Å². The van der Waals surface area contributed by atoms with Crippen molar-refractivity contribution < 1.29 is 9.21 Å². The van der Waals surface area contributed by atoms with Crippen molar-refractivity contribution in [3.05, 3.63) is 42.1 Å². The minimum Gasteiger partial charge on any atom is -0.469 e. The third kappa shape index (κ3) is 2.99. The number of rotatable bonds is 3. The Bertz CT molecular complexity index is 677. The standard InChI is InChI=1S/C17H20N4O2/c22-15-10-13(11-16-14(15)2-9-23-16)12-20-5-7-21(8-6-20)17-18-3-1-4-19-17/h1-4,9,13H,5-8,10-12H2/t13-/m1/s1. The number of aromatic nitrogens is 2. The number of carbonyl (C=O) groups excluding carboxylic acids is 1. The molecule has 1 saturated heterocycles. The van der Waals surface area contributed by atoms with Gasteiger partial charge in [0.15, 0.2) is 5.78 Å². The van der Waals surface area contributed by atoms with Gasteiger partial charge in [0.25, 0.3) is 0 Å². The summed E-state index contributed by atoms with van der Waals surface area (Å²) in [7, 11) is 0. The molecule has 120 valence electrons. The fourth-order valence-corrected chi connectivity index (χ4v) is 3.53. The second-order valence-electron chi connectivity index (χ2n) is 6.29. The first-order valence-corrected chi connectivity index (χ1v) is 8.13. The minimum atomic E-state index is 0.223. The van der Waals surface area contributed by atoms with Gasteiger partial charge in [-0.25, -0.2) is 9.97 Å². The molecule has 2 aromatic heterocycles. The Morgan fingerprint density at radius 2 is 1.91 bits per heavy atom. The van der Waals surface area contributed by atoms with Crippen LogP contribution in [0.1, 0.15) is 22.5 Å². The van der Waals surface area contributed by atoms with Crippen LogP contribution in [0.15, 0.2) is 35.2 Å². The fourth-order valence-electron chi connectivity index (χ4n) is 3.53. The monoisotopic (exact) mass is 312 g/mol. The number of anilines is 1. The number of hydrogen-bond donors (Lipinski definition) is 0. The van der Waals surface area contributed by atoms with Gasteiger partial charge in [0.1, 0.15) is 5.76 Å². The molecule has 0 saturated carbocycles. The molecule has 0 unspecified atom stereocenters. The summed E-state index contributed by atoms with van der Waals surface area (Å²) in [6, 6.07) is 3.63. The van der Waals surface area contributed by atoms with E-state index in [1.807, 2.05) is 6.07 Å². The van der Waals surface area contributed by atoms with Gasteiger partial charge in [0.2, 0.25) is 5.95 Å². The lowest BCUT2D eigenvalue weighted by Crippen LogP contribution is -2.48. The summed E-state index contributed by atoms with van der Waals surface area (Å²) >= 11 is 0. The number of Topliss-reactive ketones (excluding diaryl/α,β-unsaturated/α-hetero) is 1. The quantitative estimate of drug-likeness (QED) is 0.858. The molecular weight excluding hydrogens is 292 g/mol. The third-order valence-electron chi connectivity index (χ3n) is 4.72. The van der Waals surface area contributed by atoms with Gasteiger partial charge < -0.3 is 9.32 Å². The van der Waals surface area contributed by atoms with Crippen molar-refractivity contribution in [2.45, 2.75) is 12.8 Å². The molecule has 1 fully saturated rings. The Morgan fingerprint density at radius 3 is 2.70 bits per heavy atom. The number of piperazine rings is 1. The zero-order valence-electron chi connectivity index (χ0n) is 13.0. The van der Waals surface area contributed by atoms with E-state index in [-0.39, 0.29) is 5.78 Å². The number of ketones is 1. The van der Waals surface area contributed by atoms with Crippen LogP contribution in [0.3, 0.4) is 0 Å². The van der Waals surface area contributed by atoms with E-state index in [1.54, 1.807) is 24.7 Å². The van der Waals surface area contributed by atoms with Gasteiger partial charge >= 0.3 is 0 Å². The van der Waals surface area contributed by atoms with Gasteiger partial charge in [-0.05, 0) is 18.1 Å². The summed E-state index contributed by atoms with van der Waals surface area (Å²) < 4.78 is 5.46. The maximum absolute atomic E-state index is 12.1. The maximum Gasteiger partial charge on any atom is 0.225 e. The third-order valence-corrected chi connectivity index (χ3v) is 4.72. The highest BCUT2D eigenvalue weighted by Crippen LogP contribution is 2.27. The Balaban J connectivity index is 1.33. The van der Waals surface area contributed by atoms with Gasteiger partial charge in [-0.3, -0.25) is 9.69 Å². The molecule has 0 N–H and O–H groups in total. The molecule has 6 heteroatoms. The number of nitrogens with zero attached hydrogens (tertiary/aromatic N) is 4. The van der Waals surface area contributed by atoms with Crippen molar-refractivity contribution in [3.8, 4) is 0 Å². The second kappa shape index (κ2) is 6.12. The first-order valence-electron chi connectivity index (χ1n) is 8.13. The van der Waals surface area contributed by atoms with E-state index in [0.717, 1.165) is 56.4 Å². The van der Waals surface area contributed by atoms with Crippen LogP contribution in [0.4, 0.5) is 5.95 Å². The zero-order chi connectivity index (χ0) is 15.6. The molecule has 0 aromatic carbocycles. The second-order valence-corrected chi connectivity index (χ2v) is 6.29. The van der Waals surface area contributed by atoms with Crippen molar-refractivity contribution >= 4 is 11.7 Å². The van der Waals surface area contributed by atoms with Gasteiger partial charge in [-0.1, -0.05) is 0 Å². The summed E-state index contributed by atoms with van der Waals surface area (Å²) in [6.45, 7) is 4.77. The molecule has 3 heterocycles. The highest BCUT2D eigenvalue weighted by Gasteiger charge is 2.29. The Kier molecular flexibility index (Phi) is 3.83. The van der Waals surface area contributed by atoms with Crippen LogP contribution in [0.25, 0.3) is 0 Å². The van der Waals surface area contributed by atoms with E-state index in [2.05, 4.69) is 19.8 Å². The highest BCUT2D eigenvalue weighted by molar-refractivity contribution is 5.98. The van der Waals surface area contributed by atoms with Gasteiger partial charge in [0, 0.05) is 58.0 Å². The zero-order valence-corrected chi connectivity index (χ0v) is 13.0. The summed E-state index contributed by atoms with van der Waals surface area (Å²) in [5.74, 6) is 2.25. The van der Waals surface area contributed by atoms with Crippen LogP contribution >= 0.6 is 0 Å². The molecule has 0 radical (unpaired) electrons. The van der Waals surface area contributed by atoms with Crippen molar-refractivity contribution in [1.29, 1.82) is 0 Å². The van der Waals surface area contributed by atoms with Gasteiger partial charge in [-0.2, -0.15) is 0 Å². The van der Waals surface area contributed by atoms with Gasteiger partial charge in [-0.15, -0.1) is 0 Å². The molecule has 0 bridgehead atoms. The Hall–Kier alpha value is -2.21. The smallest absolute Gasteiger partial charge is 0.225 e. The summed E-state index contributed by atoms with van der Waals surface area (Å²) in [4.78, 5) is 25.4. The van der Waals surface area contributed by atoms with Crippen LogP contribution in [-0.4, -0.2) is 53.4 Å². The lowest BCUT2D eigenvalue weighted by atomic mass is 9.87. The van der Waals surface area contributed by atoms with E-state index >= 15 is 0 Å². The minimum absolute atomic E-state index is 0.223. The van der Waals surface area contributed by atoms with Crippen molar-refractivity contribution in [1.82, 2.24) is 14.9 Å². The van der Waals surface area contributed by atoms with Crippen LogP contribution < -0.4 is 4.90 Å². The Morgan fingerprint density at radius 1 is 1.13 bits per heavy atom. The van der Waals surface area contributed by atoms with Crippen molar-refractivity contribution in [2.75, 3.05) is 37.6 Å². The number of furan rings is 1. The van der Waals surface area contributed by atoms with E-state index < -0.39 is 0 Å². The first-order chi connectivity index (χ1) is 11.3. The normalized spacial score (nSPS) is 22.2. The number of hydrogen-bond acceptors (Lipinski definition) is 6. The predicted molar refractivity (Wildman–Crippen MR) is 85.5 cm³/mol. The largest absolute Gasteiger partial charge is 0.469 e. The average molecular weight is 312 g/mol. The predicted octanol–water partition coefficient (Wildman–Crippen LogP) is 1.64. The first kappa shape index (κ1) is 14.4. The van der Waals surface area contributed by atoms with E-state index in [4.69, 9.17) is 4.42 Å². The van der Waals surface area contributed by atoms with E-state index in [0.29, 0.717) is 12.3 Å². The molecule has 23 heavy (non-hydrogen) atoms. The number of carbonyl (C=O) groups is 1. The summed E-state index contributed by atoms with van der Waals surface area (Å²) in [5, 5.41) is 0. The molecule has 6 nitrogen and oxygen atoms in total. The van der Waals surface area contributed by atoms with Crippen molar-refractivity contribution in [2.24, 2.45) is 5.92 Å². The van der Waals surface area contributed by atoms with Gasteiger partial charge in [0.05, 0.1) is 11.8 Å². The topological polar surface area (TPSA) is 62.5 Å². The summed E-state index contributed by atoms with van der Waals surface area (Å²) in [6.07, 6.45) is 6.70. The van der Waals surface area contributed by atoms with Crippen LogP contribution in [-0.2, 0) is 6.42 Å². The molecule has 1 atom stereocenters. The van der Waals surface area contributed by atoms with Crippen molar-refractivity contribution in [3.63, 3.8) is 0 Å². The van der Waals surface area contributed by atoms with Crippen LogP contribution in [0.2, 0.25) is 0 Å². The molecule has 0 amide bonds. The average Bonchev–Trinajstić information content (AvgIpc) is 3.05. The molecule has 1 aliphatic carbocycles. The molecule has 1 aliphatic heterocycles. The maximum atomic E-state index is 12.1. The van der Waals surface area contributed by atoms with E-state index in [1.165, 1.54) is 0 Å². The molecule has 4 rings (SSSR count). The van der Waals surface area contributed by atoms with E-state index in [9.17, 15) is 4.79 Å². The lowest BCUT2D eigenvalue weighted by Gasteiger charge is -2.36. The molecule has 2 aliphatic rings. The highest BCUT2D eigenvalue weighted by atomic mass is 16.3.